The van der Waals surface area contributed by atoms with E-state index in [1.807, 2.05) is 32.0 Å². The Morgan fingerprint density at radius 3 is 2.31 bits per heavy atom. The van der Waals surface area contributed by atoms with Crippen molar-refractivity contribution < 1.29 is 20.1 Å². The molecule has 1 aromatic carbocycles. The molecule has 8 nitrogen and oxygen atoms in total. The first kappa shape index (κ1) is 18.5. The summed E-state index contributed by atoms with van der Waals surface area (Å²) in [6.45, 7) is 3.45. The Morgan fingerprint density at radius 2 is 1.73 bits per heavy atom. The van der Waals surface area contributed by atoms with Crippen LogP contribution >= 0.6 is 0 Å². The Labute approximate surface area is 149 Å². The van der Waals surface area contributed by atoms with E-state index in [4.69, 9.17) is 4.74 Å². The fourth-order valence-corrected chi connectivity index (χ4v) is 3.32. The number of aromatic nitrogens is 2. The molecule has 0 spiro atoms. The highest BCUT2D eigenvalue weighted by Crippen LogP contribution is 2.27. The average Bonchev–Trinajstić information content (AvgIpc) is 2.86. The second-order valence-electron chi connectivity index (χ2n) is 6.65. The van der Waals surface area contributed by atoms with Gasteiger partial charge in [0.2, 0.25) is 0 Å². The number of hydrogen-bond acceptors (Lipinski definition) is 6. The van der Waals surface area contributed by atoms with Gasteiger partial charge in [-0.05, 0) is 19.4 Å². The number of aliphatic hydroxyl groups is 3. The summed E-state index contributed by atoms with van der Waals surface area (Å²) < 4.78 is 7.49. The third-order valence-electron chi connectivity index (χ3n) is 4.51. The predicted molar refractivity (Wildman–Crippen MR) is 93.0 cm³/mol. The number of ether oxygens (including phenoxy) is 1. The van der Waals surface area contributed by atoms with Gasteiger partial charge in [-0.2, -0.15) is 0 Å². The van der Waals surface area contributed by atoms with Crippen LogP contribution in [0.3, 0.4) is 0 Å². The molecule has 8 heteroatoms. The van der Waals surface area contributed by atoms with Crippen LogP contribution in [0.2, 0.25) is 0 Å². The molecule has 3 N–H and O–H groups in total. The molecule has 0 radical (unpaired) electrons. The SMILES string of the molecule is Cc1cc(C)cc(Cn2c(=O)ccn([C@@H]3O[C@H](CO)[C@@H](O)[C@H]3O)c2=O)c1. The van der Waals surface area contributed by atoms with Gasteiger partial charge in [0.1, 0.15) is 18.3 Å². The van der Waals surface area contributed by atoms with Gasteiger partial charge in [-0.1, -0.05) is 29.3 Å². The van der Waals surface area contributed by atoms with E-state index in [2.05, 4.69) is 0 Å². The molecule has 1 saturated heterocycles. The molecule has 0 saturated carbocycles. The number of aliphatic hydroxyl groups excluding tert-OH is 3. The second kappa shape index (κ2) is 7.16. The van der Waals surface area contributed by atoms with E-state index < -0.39 is 42.4 Å². The molecule has 1 fully saturated rings. The standard InChI is InChI=1S/C18H22N2O6/c1-10-5-11(2)7-12(6-10)8-20-14(22)3-4-19(18(20)25)17-16(24)15(23)13(9-21)26-17/h3-7,13,15-17,21,23-24H,8-9H2,1-2H3/t13-,15-,16-,17-/m1/s1. The zero-order valence-electron chi connectivity index (χ0n) is 14.6. The molecule has 0 amide bonds. The van der Waals surface area contributed by atoms with E-state index in [9.17, 15) is 24.9 Å². The Kier molecular flexibility index (Phi) is 5.10. The van der Waals surface area contributed by atoms with E-state index in [1.54, 1.807) is 0 Å². The third kappa shape index (κ3) is 3.36. The number of aryl methyl sites for hydroxylation is 2. The lowest BCUT2D eigenvalue weighted by Gasteiger charge is -2.19. The highest BCUT2D eigenvalue weighted by Gasteiger charge is 2.43. The predicted octanol–water partition coefficient (Wildman–Crippen LogP) is -0.713. The van der Waals surface area contributed by atoms with Gasteiger partial charge < -0.3 is 20.1 Å². The fraction of sp³-hybridized carbons (Fsp3) is 0.444. The topological polar surface area (TPSA) is 114 Å². The maximum Gasteiger partial charge on any atom is 0.333 e. The molecule has 1 aliphatic rings. The van der Waals surface area contributed by atoms with Crippen molar-refractivity contribution in [1.29, 1.82) is 0 Å². The van der Waals surface area contributed by atoms with E-state index in [1.165, 1.54) is 12.3 Å². The minimum Gasteiger partial charge on any atom is -0.394 e. The first-order chi connectivity index (χ1) is 12.3. The van der Waals surface area contributed by atoms with Gasteiger partial charge in [-0.3, -0.25) is 13.9 Å². The van der Waals surface area contributed by atoms with E-state index in [0.717, 1.165) is 25.8 Å². The van der Waals surface area contributed by atoms with Crippen molar-refractivity contribution in [2.45, 2.75) is 44.9 Å². The molecule has 0 bridgehead atoms. The van der Waals surface area contributed by atoms with Crippen molar-refractivity contribution >= 4 is 0 Å². The molecule has 1 aromatic heterocycles. The minimum atomic E-state index is -1.39. The zero-order chi connectivity index (χ0) is 19.0. The van der Waals surface area contributed by atoms with E-state index >= 15 is 0 Å². The van der Waals surface area contributed by atoms with Gasteiger partial charge in [-0.15, -0.1) is 0 Å². The fourth-order valence-electron chi connectivity index (χ4n) is 3.32. The summed E-state index contributed by atoms with van der Waals surface area (Å²) in [6, 6.07) is 6.98. The van der Waals surface area contributed by atoms with Crippen molar-refractivity contribution in [3.8, 4) is 0 Å². The lowest BCUT2D eigenvalue weighted by molar-refractivity contribution is -0.0555. The number of benzene rings is 1. The smallest absolute Gasteiger partial charge is 0.333 e. The number of nitrogens with zero attached hydrogens (tertiary/aromatic N) is 2. The van der Waals surface area contributed by atoms with Gasteiger partial charge in [0.15, 0.2) is 6.23 Å². The van der Waals surface area contributed by atoms with Crippen molar-refractivity contribution in [2.75, 3.05) is 6.61 Å². The van der Waals surface area contributed by atoms with Crippen LogP contribution in [0.1, 0.15) is 22.9 Å². The summed E-state index contributed by atoms with van der Waals surface area (Å²) in [6.07, 6.45) is -3.67. The monoisotopic (exact) mass is 362 g/mol. The van der Waals surface area contributed by atoms with Gasteiger partial charge in [0.05, 0.1) is 13.2 Å². The minimum absolute atomic E-state index is 0.0792. The highest BCUT2D eigenvalue weighted by molar-refractivity contribution is 5.28. The molecular weight excluding hydrogens is 340 g/mol. The zero-order valence-corrected chi connectivity index (χ0v) is 14.6. The van der Waals surface area contributed by atoms with Crippen LogP contribution in [0.25, 0.3) is 0 Å². The molecule has 2 heterocycles. The van der Waals surface area contributed by atoms with Crippen molar-refractivity contribution in [1.82, 2.24) is 9.13 Å². The van der Waals surface area contributed by atoms with Crippen molar-refractivity contribution in [3.63, 3.8) is 0 Å². The summed E-state index contributed by atoms with van der Waals surface area (Å²) in [5.41, 5.74) is 1.71. The van der Waals surface area contributed by atoms with Crippen LogP contribution in [0.15, 0.2) is 40.1 Å². The summed E-state index contributed by atoms with van der Waals surface area (Å²) >= 11 is 0. The maximum atomic E-state index is 12.8. The normalized spacial score (nSPS) is 25.6. The Balaban J connectivity index is 2.00. The first-order valence-electron chi connectivity index (χ1n) is 8.33. The number of rotatable bonds is 4. The Hall–Kier alpha value is -2.26. The lowest BCUT2D eigenvalue weighted by atomic mass is 10.1. The molecule has 4 atom stereocenters. The summed E-state index contributed by atoms with van der Waals surface area (Å²) in [5, 5.41) is 29.2. The van der Waals surface area contributed by atoms with Gasteiger partial charge >= 0.3 is 5.69 Å². The summed E-state index contributed by atoms with van der Waals surface area (Å²) in [5.74, 6) is 0. The number of hydrogen-bond donors (Lipinski definition) is 3. The third-order valence-corrected chi connectivity index (χ3v) is 4.51. The van der Waals surface area contributed by atoms with Crippen molar-refractivity contribution in [3.05, 3.63) is 68.0 Å². The maximum absolute atomic E-state index is 12.8. The average molecular weight is 362 g/mol. The summed E-state index contributed by atoms with van der Waals surface area (Å²) in [7, 11) is 0. The first-order valence-corrected chi connectivity index (χ1v) is 8.33. The second-order valence-corrected chi connectivity index (χ2v) is 6.65. The van der Waals surface area contributed by atoms with Crippen LogP contribution in [0, 0.1) is 13.8 Å². The molecule has 1 aliphatic heterocycles. The molecule has 0 unspecified atom stereocenters. The van der Waals surface area contributed by atoms with Crippen LogP contribution in [0.4, 0.5) is 0 Å². The molecule has 140 valence electrons. The van der Waals surface area contributed by atoms with E-state index in [0.29, 0.717) is 0 Å². The molecule has 0 aliphatic carbocycles. The molecule has 26 heavy (non-hydrogen) atoms. The van der Waals surface area contributed by atoms with Gasteiger partial charge in [0, 0.05) is 12.3 Å². The van der Waals surface area contributed by atoms with Crippen LogP contribution in [-0.4, -0.2) is 49.4 Å². The summed E-state index contributed by atoms with van der Waals surface area (Å²) in [4.78, 5) is 25.0. The molecule has 3 rings (SSSR count). The Morgan fingerprint density at radius 1 is 1.08 bits per heavy atom. The molecular formula is C18H22N2O6. The van der Waals surface area contributed by atoms with Gasteiger partial charge in [0.25, 0.3) is 5.56 Å². The highest BCUT2D eigenvalue weighted by atomic mass is 16.6. The molecule has 2 aromatic rings. The lowest BCUT2D eigenvalue weighted by Crippen LogP contribution is -2.43. The largest absolute Gasteiger partial charge is 0.394 e. The van der Waals surface area contributed by atoms with Crippen LogP contribution < -0.4 is 11.2 Å². The van der Waals surface area contributed by atoms with E-state index in [-0.39, 0.29) is 6.54 Å². The Bertz CT molecular complexity index is 898. The van der Waals surface area contributed by atoms with Crippen LogP contribution in [-0.2, 0) is 11.3 Å². The quantitative estimate of drug-likeness (QED) is 0.662. The van der Waals surface area contributed by atoms with Crippen molar-refractivity contribution in [2.24, 2.45) is 0 Å². The van der Waals surface area contributed by atoms with Gasteiger partial charge in [-0.25, -0.2) is 4.79 Å². The van der Waals surface area contributed by atoms with Crippen LogP contribution in [0.5, 0.6) is 0 Å².